The first-order valence-corrected chi connectivity index (χ1v) is 7.37. The van der Waals surface area contributed by atoms with E-state index in [2.05, 4.69) is 22.9 Å². The Kier molecular flexibility index (Phi) is 6.98. The van der Waals surface area contributed by atoms with E-state index in [1.54, 1.807) is 12.1 Å². The highest BCUT2D eigenvalue weighted by Gasteiger charge is 2.20. The maximum atomic E-state index is 11.8. The van der Waals surface area contributed by atoms with Gasteiger partial charge in [-0.3, -0.25) is 0 Å². The zero-order chi connectivity index (χ0) is 13.4. The number of nitrogens with two attached hydrogens (primary N) is 1. The molecule has 1 rings (SSSR count). The molecule has 4 heteroatoms. The number of ether oxygens (including phenoxy) is 1. The monoisotopic (exact) mass is 313 g/mol. The van der Waals surface area contributed by atoms with E-state index in [0.29, 0.717) is 18.1 Å². The van der Waals surface area contributed by atoms with E-state index >= 15 is 0 Å². The molecule has 0 heterocycles. The number of hydrogen-bond donors (Lipinski definition) is 1. The number of rotatable bonds is 7. The molecule has 2 unspecified atom stereocenters. The van der Waals surface area contributed by atoms with Crippen molar-refractivity contribution in [3.8, 4) is 5.75 Å². The second kappa shape index (κ2) is 8.27. The van der Waals surface area contributed by atoms with Gasteiger partial charge in [-0.1, -0.05) is 47.5 Å². The normalized spacial score (nSPS) is 13.9. The molecule has 18 heavy (non-hydrogen) atoms. The van der Waals surface area contributed by atoms with Crippen LogP contribution in [0.4, 0.5) is 0 Å². The van der Waals surface area contributed by atoms with E-state index < -0.39 is 6.04 Å². The van der Waals surface area contributed by atoms with Gasteiger partial charge in [0.2, 0.25) is 0 Å². The minimum absolute atomic E-state index is 0.358. The van der Waals surface area contributed by atoms with Gasteiger partial charge in [-0.05, 0) is 30.9 Å². The molecule has 0 amide bonds. The van der Waals surface area contributed by atoms with Crippen molar-refractivity contribution >= 4 is 21.9 Å². The largest absolute Gasteiger partial charge is 0.425 e. The number of benzene rings is 1. The Labute approximate surface area is 117 Å². The molecule has 1 aromatic carbocycles. The Morgan fingerprint density at radius 1 is 1.39 bits per heavy atom. The molecule has 0 fully saturated rings. The van der Waals surface area contributed by atoms with Gasteiger partial charge in [0.25, 0.3) is 0 Å². The maximum Gasteiger partial charge on any atom is 0.328 e. The Hall–Kier alpha value is -0.870. The Morgan fingerprint density at radius 2 is 2.06 bits per heavy atom. The molecule has 0 saturated heterocycles. The van der Waals surface area contributed by atoms with Crippen molar-refractivity contribution < 1.29 is 9.53 Å². The van der Waals surface area contributed by atoms with Crippen LogP contribution in [0.3, 0.4) is 0 Å². The fourth-order valence-corrected chi connectivity index (χ4v) is 2.39. The van der Waals surface area contributed by atoms with Gasteiger partial charge >= 0.3 is 5.97 Å². The van der Waals surface area contributed by atoms with Crippen LogP contribution in [0.2, 0.25) is 0 Å². The van der Waals surface area contributed by atoms with E-state index in [4.69, 9.17) is 10.5 Å². The molecule has 3 nitrogen and oxygen atoms in total. The molecular formula is C14H20BrNO2. The van der Waals surface area contributed by atoms with Crippen molar-refractivity contribution in [2.75, 3.05) is 5.33 Å². The van der Waals surface area contributed by atoms with Gasteiger partial charge in [0.05, 0.1) is 0 Å². The van der Waals surface area contributed by atoms with Crippen LogP contribution in [0.15, 0.2) is 30.3 Å². The lowest BCUT2D eigenvalue weighted by Gasteiger charge is -2.17. The fourth-order valence-electron chi connectivity index (χ4n) is 1.80. The summed E-state index contributed by atoms with van der Waals surface area (Å²) in [6.45, 7) is 2.13. The molecule has 2 N–H and O–H groups in total. The van der Waals surface area contributed by atoms with Crippen molar-refractivity contribution in [3.05, 3.63) is 30.3 Å². The van der Waals surface area contributed by atoms with E-state index in [-0.39, 0.29) is 5.97 Å². The van der Waals surface area contributed by atoms with Crippen molar-refractivity contribution in [2.24, 2.45) is 11.7 Å². The molecule has 0 spiro atoms. The molecule has 0 radical (unpaired) electrons. The van der Waals surface area contributed by atoms with Crippen LogP contribution in [-0.2, 0) is 4.79 Å². The van der Waals surface area contributed by atoms with Crippen LogP contribution in [0.1, 0.15) is 26.2 Å². The van der Waals surface area contributed by atoms with Crippen LogP contribution in [0.25, 0.3) is 0 Å². The highest BCUT2D eigenvalue weighted by Crippen LogP contribution is 2.17. The van der Waals surface area contributed by atoms with Gasteiger partial charge in [-0.15, -0.1) is 0 Å². The van der Waals surface area contributed by atoms with Gasteiger partial charge < -0.3 is 10.5 Å². The van der Waals surface area contributed by atoms with E-state index in [1.807, 2.05) is 18.2 Å². The highest BCUT2D eigenvalue weighted by atomic mass is 79.9. The first-order valence-electron chi connectivity index (χ1n) is 6.25. The predicted octanol–water partition coefficient (Wildman–Crippen LogP) is 3.12. The smallest absolute Gasteiger partial charge is 0.328 e. The zero-order valence-corrected chi connectivity index (χ0v) is 12.2. The topological polar surface area (TPSA) is 52.3 Å². The molecule has 0 bridgehead atoms. The first kappa shape index (κ1) is 15.2. The summed E-state index contributed by atoms with van der Waals surface area (Å²) in [7, 11) is 0. The molecule has 0 saturated carbocycles. The number of hydrogen-bond acceptors (Lipinski definition) is 3. The molecule has 1 aromatic rings. The molecule has 0 aromatic heterocycles. The summed E-state index contributed by atoms with van der Waals surface area (Å²) in [5.74, 6) is 0.611. The average Bonchev–Trinajstić information content (AvgIpc) is 2.39. The molecule has 100 valence electrons. The van der Waals surface area contributed by atoms with Crippen LogP contribution in [-0.4, -0.2) is 17.3 Å². The summed E-state index contributed by atoms with van der Waals surface area (Å²) in [6.07, 6.45) is 2.82. The van der Waals surface area contributed by atoms with E-state index in [0.717, 1.165) is 18.2 Å². The molecule has 0 aliphatic heterocycles. The summed E-state index contributed by atoms with van der Waals surface area (Å²) >= 11 is 3.45. The van der Waals surface area contributed by atoms with Crippen LogP contribution in [0, 0.1) is 5.92 Å². The number of carbonyl (C=O) groups is 1. The van der Waals surface area contributed by atoms with Gasteiger partial charge in [-0.2, -0.15) is 0 Å². The second-order valence-electron chi connectivity index (χ2n) is 4.39. The number of alkyl halides is 1. The third kappa shape index (κ3) is 5.19. The third-order valence-corrected chi connectivity index (χ3v) is 3.68. The fraction of sp³-hybridized carbons (Fsp3) is 0.500. The van der Waals surface area contributed by atoms with Gasteiger partial charge in [0, 0.05) is 5.33 Å². The predicted molar refractivity (Wildman–Crippen MR) is 76.9 cm³/mol. The van der Waals surface area contributed by atoms with Crippen molar-refractivity contribution in [2.45, 2.75) is 32.2 Å². The Morgan fingerprint density at radius 3 is 2.61 bits per heavy atom. The minimum Gasteiger partial charge on any atom is -0.425 e. The lowest BCUT2D eigenvalue weighted by atomic mass is 9.98. The Bertz CT molecular complexity index is 356. The van der Waals surface area contributed by atoms with E-state index in [1.165, 1.54) is 0 Å². The molecule has 0 aliphatic rings. The third-order valence-electron chi connectivity index (χ3n) is 2.77. The average molecular weight is 314 g/mol. The van der Waals surface area contributed by atoms with Crippen molar-refractivity contribution in [1.82, 2.24) is 0 Å². The summed E-state index contributed by atoms with van der Waals surface area (Å²) in [6, 6.07) is 8.47. The van der Waals surface area contributed by atoms with Crippen LogP contribution in [0.5, 0.6) is 5.75 Å². The van der Waals surface area contributed by atoms with Gasteiger partial charge in [0.15, 0.2) is 0 Å². The van der Waals surface area contributed by atoms with Gasteiger partial charge in [0.1, 0.15) is 11.8 Å². The quantitative estimate of drug-likeness (QED) is 0.478. The minimum atomic E-state index is -0.556. The SMILES string of the molecule is CCCC(CBr)CC(N)C(=O)Oc1ccccc1. The summed E-state index contributed by atoms with van der Waals surface area (Å²) in [5, 5.41) is 0.868. The lowest BCUT2D eigenvalue weighted by molar-refractivity contribution is -0.136. The first-order chi connectivity index (χ1) is 8.67. The number of esters is 1. The Balaban J connectivity index is 2.46. The number of halogens is 1. The van der Waals surface area contributed by atoms with Crippen molar-refractivity contribution in [1.29, 1.82) is 0 Å². The summed E-state index contributed by atoms with van der Waals surface area (Å²) in [5.41, 5.74) is 5.88. The number of carbonyl (C=O) groups excluding carboxylic acids is 1. The molecule has 2 atom stereocenters. The van der Waals surface area contributed by atoms with Crippen LogP contribution >= 0.6 is 15.9 Å². The number of para-hydroxylation sites is 1. The molecule has 0 aliphatic carbocycles. The maximum absolute atomic E-state index is 11.8. The van der Waals surface area contributed by atoms with Gasteiger partial charge in [-0.25, -0.2) is 4.79 Å². The summed E-state index contributed by atoms with van der Waals surface area (Å²) in [4.78, 5) is 11.8. The second-order valence-corrected chi connectivity index (χ2v) is 5.03. The molecular weight excluding hydrogens is 294 g/mol. The van der Waals surface area contributed by atoms with Crippen LogP contribution < -0.4 is 10.5 Å². The van der Waals surface area contributed by atoms with E-state index in [9.17, 15) is 4.79 Å². The summed E-state index contributed by atoms with van der Waals surface area (Å²) < 4.78 is 5.22. The standard InChI is InChI=1S/C14H20BrNO2/c1-2-6-11(10-15)9-13(16)14(17)18-12-7-4-3-5-8-12/h3-5,7-8,11,13H,2,6,9-10,16H2,1H3. The van der Waals surface area contributed by atoms with Crippen molar-refractivity contribution in [3.63, 3.8) is 0 Å². The lowest BCUT2D eigenvalue weighted by Crippen LogP contribution is -2.36. The highest BCUT2D eigenvalue weighted by molar-refractivity contribution is 9.09. The zero-order valence-electron chi connectivity index (χ0n) is 10.6.